The second-order valence-electron chi connectivity index (χ2n) is 5.85. The van der Waals surface area contributed by atoms with Crippen LogP contribution in [-0.4, -0.2) is 26.1 Å². The maximum Gasteiger partial charge on any atom is 0.311 e. The fourth-order valence-corrected chi connectivity index (χ4v) is 3.92. The zero-order chi connectivity index (χ0) is 18.4. The molecule has 2 aromatic carbocycles. The Kier molecular flexibility index (Phi) is 4.19. The van der Waals surface area contributed by atoms with Gasteiger partial charge in [0.25, 0.3) is 0 Å². The van der Waals surface area contributed by atoms with Crippen molar-refractivity contribution in [3.8, 4) is 0 Å². The average Bonchev–Trinajstić information content (AvgIpc) is 2.52. The lowest BCUT2D eigenvalue weighted by molar-refractivity contribution is -0.387. The summed E-state index contributed by atoms with van der Waals surface area (Å²) >= 11 is 0. The Morgan fingerprint density at radius 2 is 1.96 bits per heavy atom. The van der Waals surface area contributed by atoms with Gasteiger partial charge in [-0.2, -0.15) is 0 Å². The van der Waals surface area contributed by atoms with Crippen molar-refractivity contribution in [3.05, 3.63) is 63.2 Å². The lowest BCUT2D eigenvalue weighted by Gasteiger charge is -2.30. The summed E-state index contributed by atoms with van der Waals surface area (Å²) in [7, 11) is -3.80. The number of hydrogen-bond acceptors (Lipinski definition) is 5. The molecule has 0 unspecified atom stereocenters. The van der Waals surface area contributed by atoms with Crippen molar-refractivity contribution in [3.63, 3.8) is 0 Å². The van der Waals surface area contributed by atoms with Crippen LogP contribution in [0.4, 0.5) is 20.2 Å². The van der Waals surface area contributed by atoms with Crippen molar-refractivity contribution in [2.75, 3.05) is 17.7 Å². The van der Waals surface area contributed by atoms with Gasteiger partial charge in [-0.15, -0.1) is 0 Å². The van der Waals surface area contributed by atoms with Gasteiger partial charge in [0.2, 0.25) is 0 Å². The van der Waals surface area contributed by atoms with Gasteiger partial charge in [0.05, 0.1) is 4.92 Å². The Morgan fingerprint density at radius 1 is 1.24 bits per heavy atom. The molecule has 0 bridgehead atoms. The van der Waals surface area contributed by atoms with Gasteiger partial charge in [0.1, 0.15) is 22.2 Å². The summed E-state index contributed by atoms with van der Waals surface area (Å²) in [5.74, 6) is -1.37. The molecule has 0 amide bonds. The third-order valence-electron chi connectivity index (χ3n) is 4.15. The van der Waals surface area contributed by atoms with Gasteiger partial charge in [-0.05, 0) is 35.7 Å². The first-order chi connectivity index (χ1) is 11.7. The highest BCUT2D eigenvalue weighted by Crippen LogP contribution is 2.37. The zero-order valence-electron chi connectivity index (χ0n) is 13.2. The molecule has 1 aliphatic rings. The van der Waals surface area contributed by atoms with Gasteiger partial charge in [-0.25, -0.2) is 17.2 Å². The van der Waals surface area contributed by atoms with Gasteiger partial charge in [0, 0.05) is 25.4 Å². The number of halogens is 2. The molecule has 1 heterocycles. The van der Waals surface area contributed by atoms with E-state index >= 15 is 0 Å². The summed E-state index contributed by atoms with van der Waals surface area (Å²) in [4.78, 5) is 11.9. The van der Waals surface area contributed by atoms with Gasteiger partial charge in [-0.3, -0.25) is 10.1 Å². The summed E-state index contributed by atoms with van der Waals surface area (Å²) in [6.45, 7) is 0.307. The summed E-state index contributed by atoms with van der Waals surface area (Å²) in [5, 5.41) is 11.5. The molecule has 0 saturated carbocycles. The van der Waals surface area contributed by atoms with Crippen molar-refractivity contribution in [1.82, 2.24) is 0 Å². The highest BCUT2D eigenvalue weighted by molar-refractivity contribution is 7.90. The Morgan fingerprint density at radius 3 is 2.60 bits per heavy atom. The minimum atomic E-state index is -3.80. The predicted octanol–water partition coefficient (Wildman–Crippen LogP) is 2.84. The topological polar surface area (TPSA) is 80.5 Å². The molecular formula is C16H14F2N2O4S. The van der Waals surface area contributed by atoms with Gasteiger partial charge < -0.3 is 4.90 Å². The molecular weight excluding hydrogens is 354 g/mol. The highest BCUT2D eigenvalue weighted by Gasteiger charge is 2.31. The van der Waals surface area contributed by atoms with Crippen molar-refractivity contribution in [2.24, 2.45) is 0 Å². The number of hydrogen-bond donors (Lipinski definition) is 0. The molecule has 0 aliphatic carbocycles. The van der Waals surface area contributed by atoms with Crippen LogP contribution in [0.1, 0.15) is 11.1 Å². The van der Waals surface area contributed by atoms with Gasteiger partial charge in [0.15, 0.2) is 9.84 Å². The molecule has 0 fully saturated rings. The summed E-state index contributed by atoms with van der Waals surface area (Å²) in [6.07, 6.45) is 1.14. The largest absolute Gasteiger partial charge is 0.361 e. The van der Waals surface area contributed by atoms with Crippen LogP contribution in [0, 0.1) is 21.7 Å². The van der Waals surface area contributed by atoms with E-state index in [2.05, 4.69) is 0 Å². The number of benzene rings is 2. The van der Waals surface area contributed by atoms with Crippen molar-refractivity contribution < 1.29 is 22.1 Å². The van der Waals surface area contributed by atoms with E-state index < -0.39 is 32.1 Å². The van der Waals surface area contributed by atoms with Crippen molar-refractivity contribution >= 4 is 21.2 Å². The van der Waals surface area contributed by atoms with E-state index in [-0.39, 0.29) is 30.1 Å². The minimum absolute atomic E-state index is 0.0536. The Hall–Kier alpha value is -2.55. The fraction of sp³-hybridized carbons (Fsp3) is 0.250. The van der Waals surface area contributed by atoms with Crippen LogP contribution in [0.5, 0.6) is 0 Å². The minimum Gasteiger partial charge on any atom is -0.361 e. The third-order valence-corrected chi connectivity index (χ3v) is 5.27. The molecule has 0 radical (unpaired) electrons. The average molecular weight is 368 g/mol. The third kappa shape index (κ3) is 3.19. The van der Waals surface area contributed by atoms with Crippen molar-refractivity contribution in [1.29, 1.82) is 0 Å². The maximum absolute atomic E-state index is 13.8. The first-order valence-electron chi connectivity index (χ1n) is 7.37. The quantitative estimate of drug-likeness (QED) is 0.615. The van der Waals surface area contributed by atoms with Gasteiger partial charge >= 0.3 is 5.69 Å². The van der Waals surface area contributed by atoms with E-state index in [1.807, 2.05) is 0 Å². The number of rotatable bonds is 3. The van der Waals surface area contributed by atoms with Crippen LogP contribution in [-0.2, 0) is 22.8 Å². The zero-order valence-corrected chi connectivity index (χ0v) is 14.0. The Bertz CT molecular complexity index is 976. The molecule has 132 valence electrons. The van der Waals surface area contributed by atoms with E-state index in [1.54, 1.807) is 4.90 Å². The molecule has 0 N–H and O–H groups in total. The number of anilines is 1. The molecule has 6 nitrogen and oxygen atoms in total. The maximum atomic E-state index is 13.8. The summed E-state index contributed by atoms with van der Waals surface area (Å²) < 4.78 is 51.0. The number of nitrogens with zero attached hydrogens (tertiary/aromatic N) is 2. The van der Waals surface area contributed by atoms with E-state index in [0.29, 0.717) is 11.1 Å². The van der Waals surface area contributed by atoms with Crippen LogP contribution in [0.15, 0.2) is 35.2 Å². The van der Waals surface area contributed by atoms with Gasteiger partial charge in [-0.1, -0.05) is 6.07 Å². The molecule has 0 atom stereocenters. The molecule has 2 aromatic rings. The van der Waals surface area contributed by atoms with Crippen LogP contribution < -0.4 is 4.90 Å². The van der Waals surface area contributed by atoms with E-state index in [1.165, 1.54) is 24.3 Å². The van der Waals surface area contributed by atoms with Crippen LogP contribution in [0.3, 0.4) is 0 Å². The molecule has 0 spiro atoms. The summed E-state index contributed by atoms with van der Waals surface area (Å²) in [6, 6.07) is 6.03. The molecule has 0 aromatic heterocycles. The highest BCUT2D eigenvalue weighted by atomic mass is 32.2. The smallest absolute Gasteiger partial charge is 0.311 e. The Labute approximate surface area is 142 Å². The van der Waals surface area contributed by atoms with Crippen LogP contribution in [0.2, 0.25) is 0 Å². The first kappa shape index (κ1) is 17.3. The lowest BCUT2D eigenvalue weighted by atomic mass is 9.98. The lowest BCUT2D eigenvalue weighted by Crippen LogP contribution is -2.31. The number of nitro benzene ring substituents is 1. The normalized spacial score (nSPS) is 14.3. The summed E-state index contributed by atoms with van der Waals surface area (Å²) in [5.41, 5.74) is 0.357. The van der Waals surface area contributed by atoms with E-state index in [0.717, 1.165) is 12.3 Å². The standard InChI is InChI=1S/C16H14F2N2O4S/c1-25(23,24)15-4-2-3-14(16(15)20(21)22)19-6-5-12-10(9-19)7-11(17)8-13(12)18/h2-4,7-8H,5-6,9H2,1H3. The number of fused-ring (bicyclic) bond motifs is 1. The number of nitro groups is 1. The first-order valence-corrected chi connectivity index (χ1v) is 9.27. The molecule has 9 heteroatoms. The van der Waals surface area contributed by atoms with E-state index in [4.69, 9.17) is 0 Å². The predicted molar refractivity (Wildman–Crippen MR) is 87.3 cm³/mol. The number of sulfone groups is 1. The molecule has 1 aliphatic heterocycles. The van der Waals surface area contributed by atoms with E-state index in [9.17, 15) is 27.3 Å². The Balaban J connectivity index is 2.11. The molecule has 3 rings (SSSR count). The fourth-order valence-electron chi connectivity index (χ4n) is 3.06. The van der Waals surface area contributed by atoms with Crippen LogP contribution in [0.25, 0.3) is 0 Å². The monoisotopic (exact) mass is 368 g/mol. The second kappa shape index (κ2) is 6.07. The SMILES string of the molecule is CS(=O)(=O)c1cccc(N2CCc3c(F)cc(F)cc3C2)c1[N+](=O)[O-]. The second-order valence-corrected chi connectivity index (χ2v) is 7.83. The number of para-hydroxylation sites is 1. The molecule has 0 saturated heterocycles. The molecule has 25 heavy (non-hydrogen) atoms. The van der Waals surface area contributed by atoms with Crippen LogP contribution >= 0.6 is 0 Å². The van der Waals surface area contributed by atoms with Crippen molar-refractivity contribution in [2.45, 2.75) is 17.9 Å².